The van der Waals surface area contributed by atoms with Crippen molar-refractivity contribution in [2.75, 3.05) is 19.1 Å². The molecule has 0 aromatic carbocycles. The summed E-state index contributed by atoms with van der Waals surface area (Å²) < 4.78 is 31.3. The number of hydrogen-bond donors (Lipinski definition) is 3. The lowest BCUT2D eigenvalue weighted by Gasteiger charge is -2.22. The van der Waals surface area contributed by atoms with Gasteiger partial charge in [-0.25, -0.2) is 29.0 Å². The van der Waals surface area contributed by atoms with Gasteiger partial charge in [-0.3, -0.25) is 5.43 Å². The molecule has 0 aliphatic heterocycles. The Morgan fingerprint density at radius 2 is 1.94 bits per heavy atom. The largest absolute Gasteiger partial charge is 0.377 e. The molecule has 0 saturated heterocycles. The van der Waals surface area contributed by atoms with Gasteiger partial charge in [-0.1, -0.05) is 0 Å². The molecule has 0 atom stereocenters. The molecule has 0 unspecified atom stereocenters. The number of ether oxygens (including phenoxy) is 1. The van der Waals surface area contributed by atoms with E-state index in [1.54, 1.807) is 13.8 Å². The normalized spacial score (nSPS) is 12.4. The van der Waals surface area contributed by atoms with Crippen molar-refractivity contribution in [3.8, 4) is 0 Å². The Hall–Kier alpha value is -1.29. The van der Waals surface area contributed by atoms with Crippen LogP contribution in [0.1, 0.15) is 13.8 Å². The van der Waals surface area contributed by atoms with Crippen LogP contribution in [0.15, 0.2) is 17.3 Å². The van der Waals surface area contributed by atoms with Crippen molar-refractivity contribution in [3.63, 3.8) is 0 Å². The molecule has 8 nitrogen and oxygen atoms in total. The average molecular weight is 275 g/mol. The SMILES string of the molecule is COC(C)(C)CNS(=O)(=O)c1cnc(NN)nc1. The topological polar surface area (TPSA) is 119 Å². The molecule has 18 heavy (non-hydrogen) atoms. The summed E-state index contributed by atoms with van der Waals surface area (Å²) in [5.41, 5.74) is 1.62. The van der Waals surface area contributed by atoms with E-state index in [1.165, 1.54) is 19.5 Å². The molecule has 1 aromatic heterocycles. The lowest BCUT2D eigenvalue weighted by molar-refractivity contribution is 0.0276. The third-order valence-electron chi connectivity index (χ3n) is 2.31. The number of nitrogen functional groups attached to an aromatic ring is 1. The molecular formula is C9H17N5O3S. The number of hydrazine groups is 1. The Balaban J connectivity index is 2.80. The molecule has 0 saturated carbocycles. The number of aromatic nitrogens is 2. The van der Waals surface area contributed by atoms with Gasteiger partial charge in [0.2, 0.25) is 16.0 Å². The van der Waals surface area contributed by atoms with Gasteiger partial charge >= 0.3 is 0 Å². The van der Waals surface area contributed by atoms with E-state index in [4.69, 9.17) is 10.6 Å². The summed E-state index contributed by atoms with van der Waals surface area (Å²) in [7, 11) is -2.14. The molecule has 0 spiro atoms. The van der Waals surface area contributed by atoms with E-state index in [2.05, 4.69) is 20.1 Å². The van der Waals surface area contributed by atoms with Crippen LogP contribution in [-0.2, 0) is 14.8 Å². The van der Waals surface area contributed by atoms with Crippen LogP contribution in [-0.4, -0.2) is 37.6 Å². The van der Waals surface area contributed by atoms with Gasteiger partial charge in [0.05, 0.1) is 18.0 Å². The fourth-order valence-electron chi connectivity index (χ4n) is 0.954. The van der Waals surface area contributed by atoms with Crippen LogP contribution in [0.3, 0.4) is 0 Å². The van der Waals surface area contributed by atoms with Crippen LogP contribution in [0.2, 0.25) is 0 Å². The summed E-state index contributed by atoms with van der Waals surface area (Å²) in [5, 5.41) is 0. The molecule has 0 amide bonds. The highest BCUT2D eigenvalue weighted by atomic mass is 32.2. The van der Waals surface area contributed by atoms with Gasteiger partial charge in [0.25, 0.3) is 0 Å². The Bertz CT molecular complexity index is 485. The van der Waals surface area contributed by atoms with Crippen molar-refractivity contribution in [1.29, 1.82) is 0 Å². The number of nitrogens with one attached hydrogen (secondary N) is 2. The third-order valence-corrected chi connectivity index (χ3v) is 3.66. The van der Waals surface area contributed by atoms with E-state index < -0.39 is 15.6 Å². The molecule has 1 heterocycles. The van der Waals surface area contributed by atoms with Gasteiger partial charge < -0.3 is 4.74 Å². The van der Waals surface area contributed by atoms with Crippen molar-refractivity contribution in [3.05, 3.63) is 12.4 Å². The van der Waals surface area contributed by atoms with Gasteiger partial charge in [-0.15, -0.1) is 0 Å². The minimum atomic E-state index is -3.65. The van der Waals surface area contributed by atoms with Gasteiger partial charge in [0, 0.05) is 13.7 Å². The summed E-state index contributed by atoms with van der Waals surface area (Å²) in [4.78, 5) is 7.43. The van der Waals surface area contributed by atoms with Crippen LogP contribution in [0, 0.1) is 0 Å². The zero-order valence-electron chi connectivity index (χ0n) is 10.5. The molecule has 4 N–H and O–H groups in total. The van der Waals surface area contributed by atoms with E-state index in [0.29, 0.717) is 0 Å². The predicted octanol–water partition coefficient (Wildman–Crippen LogP) is -0.534. The lowest BCUT2D eigenvalue weighted by Crippen LogP contribution is -2.39. The number of nitrogens with two attached hydrogens (primary N) is 1. The first-order chi connectivity index (χ1) is 8.30. The predicted molar refractivity (Wildman–Crippen MR) is 66.1 cm³/mol. The highest BCUT2D eigenvalue weighted by molar-refractivity contribution is 7.89. The van der Waals surface area contributed by atoms with Gasteiger partial charge in [0.1, 0.15) is 4.90 Å². The standard InChI is InChI=1S/C9H17N5O3S/c1-9(2,17-3)6-13-18(15,16)7-4-11-8(14-10)12-5-7/h4-5,13H,6,10H2,1-3H3,(H,11,12,14). The maximum Gasteiger partial charge on any atom is 0.243 e. The smallest absolute Gasteiger partial charge is 0.243 e. The zero-order valence-corrected chi connectivity index (χ0v) is 11.3. The Labute approximate surface area is 106 Å². The quantitative estimate of drug-likeness (QED) is 0.471. The maximum atomic E-state index is 11.9. The summed E-state index contributed by atoms with van der Waals surface area (Å²) in [6.45, 7) is 3.68. The maximum absolute atomic E-state index is 11.9. The molecule has 0 bridgehead atoms. The number of hydrogen-bond acceptors (Lipinski definition) is 7. The number of anilines is 1. The lowest BCUT2D eigenvalue weighted by atomic mass is 10.1. The fourth-order valence-corrected chi connectivity index (χ4v) is 2.04. The Morgan fingerprint density at radius 3 is 2.39 bits per heavy atom. The van der Waals surface area contributed by atoms with E-state index in [0.717, 1.165) is 0 Å². The summed E-state index contributed by atoms with van der Waals surface area (Å²) >= 11 is 0. The molecule has 0 fully saturated rings. The molecule has 1 rings (SSSR count). The van der Waals surface area contributed by atoms with Crippen molar-refractivity contribution >= 4 is 16.0 Å². The highest BCUT2D eigenvalue weighted by Crippen LogP contribution is 2.10. The zero-order chi connectivity index (χ0) is 13.8. The Kier molecular flexibility index (Phi) is 4.57. The van der Waals surface area contributed by atoms with Gasteiger partial charge in [-0.05, 0) is 13.8 Å². The molecule has 0 radical (unpaired) electrons. The van der Waals surface area contributed by atoms with Crippen molar-refractivity contribution < 1.29 is 13.2 Å². The average Bonchev–Trinajstić information content (AvgIpc) is 2.37. The number of rotatable bonds is 6. The number of sulfonamides is 1. The molecule has 0 aliphatic carbocycles. The molecule has 0 aliphatic rings. The van der Waals surface area contributed by atoms with Crippen LogP contribution in [0.5, 0.6) is 0 Å². The van der Waals surface area contributed by atoms with Gasteiger partial charge in [-0.2, -0.15) is 0 Å². The minimum Gasteiger partial charge on any atom is -0.377 e. The van der Waals surface area contributed by atoms with Crippen LogP contribution in [0.4, 0.5) is 5.95 Å². The monoisotopic (exact) mass is 275 g/mol. The van der Waals surface area contributed by atoms with Crippen molar-refractivity contribution in [2.24, 2.45) is 5.84 Å². The van der Waals surface area contributed by atoms with Crippen molar-refractivity contribution in [2.45, 2.75) is 24.3 Å². The van der Waals surface area contributed by atoms with E-state index in [1.807, 2.05) is 0 Å². The van der Waals surface area contributed by atoms with Crippen molar-refractivity contribution in [1.82, 2.24) is 14.7 Å². The summed E-state index contributed by atoms with van der Waals surface area (Å²) in [5.74, 6) is 5.23. The molecular weight excluding hydrogens is 258 g/mol. The first-order valence-electron chi connectivity index (χ1n) is 5.14. The molecule has 1 aromatic rings. The van der Waals surface area contributed by atoms with Crippen LogP contribution >= 0.6 is 0 Å². The second kappa shape index (κ2) is 5.57. The fraction of sp³-hybridized carbons (Fsp3) is 0.556. The number of methoxy groups -OCH3 is 1. The minimum absolute atomic E-state index is 0.0339. The first kappa shape index (κ1) is 14.8. The molecule has 9 heteroatoms. The number of nitrogens with zero attached hydrogens (tertiary/aromatic N) is 2. The van der Waals surface area contributed by atoms with E-state index in [9.17, 15) is 8.42 Å². The summed E-state index contributed by atoms with van der Waals surface area (Å²) in [6, 6.07) is 0. The second-order valence-corrected chi connectivity index (χ2v) is 5.94. The Morgan fingerprint density at radius 1 is 1.39 bits per heavy atom. The van der Waals surface area contributed by atoms with E-state index >= 15 is 0 Å². The first-order valence-corrected chi connectivity index (χ1v) is 6.62. The second-order valence-electron chi connectivity index (χ2n) is 4.18. The third kappa shape index (κ3) is 3.88. The van der Waals surface area contributed by atoms with E-state index in [-0.39, 0.29) is 17.4 Å². The van der Waals surface area contributed by atoms with Crippen LogP contribution in [0.25, 0.3) is 0 Å². The summed E-state index contributed by atoms with van der Waals surface area (Å²) in [6.07, 6.45) is 2.34. The van der Waals surface area contributed by atoms with Crippen LogP contribution < -0.4 is 16.0 Å². The molecule has 102 valence electrons. The highest BCUT2D eigenvalue weighted by Gasteiger charge is 2.22. The van der Waals surface area contributed by atoms with Gasteiger partial charge in [0.15, 0.2) is 0 Å².